The van der Waals surface area contributed by atoms with Crippen molar-refractivity contribution in [3.63, 3.8) is 0 Å². The number of hydrogen-bond donors (Lipinski definition) is 1. The van der Waals surface area contributed by atoms with Gasteiger partial charge in [-0.1, -0.05) is 43.3 Å². The predicted molar refractivity (Wildman–Crippen MR) is 115 cm³/mol. The Hall–Kier alpha value is -2.70. The van der Waals surface area contributed by atoms with Crippen LogP contribution in [0.5, 0.6) is 0 Å². The number of carbonyl (C=O) groups excluding carboxylic acids is 2. The number of nitrogens with one attached hydrogen (secondary N) is 1. The van der Waals surface area contributed by atoms with E-state index in [1.807, 2.05) is 31.2 Å². The lowest BCUT2D eigenvalue weighted by Crippen LogP contribution is -2.35. The van der Waals surface area contributed by atoms with Crippen LogP contribution >= 0.6 is 0 Å². The maximum absolute atomic E-state index is 12.2. The standard InChI is InChI=1S/C24H30N2O4/c1-3-19-4-8-21(9-5-19)18(2)25-23(27)17-30-24(28)22-10-6-20(7-11-22)16-26-12-14-29-15-13-26/h4-11,18H,3,12-17H2,1-2H3,(H,25,27)/t18-/m0/s1. The van der Waals surface area contributed by atoms with Gasteiger partial charge in [0.2, 0.25) is 0 Å². The van der Waals surface area contributed by atoms with E-state index in [-0.39, 0.29) is 18.6 Å². The third-order valence-electron chi connectivity index (χ3n) is 5.30. The Morgan fingerprint density at radius 3 is 2.30 bits per heavy atom. The maximum Gasteiger partial charge on any atom is 0.338 e. The van der Waals surface area contributed by atoms with E-state index in [9.17, 15) is 9.59 Å². The first-order valence-electron chi connectivity index (χ1n) is 10.5. The molecule has 1 atom stereocenters. The van der Waals surface area contributed by atoms with Crippen LogP contribution in [0, 0.1) is 0 Å². The summed E-state index contributed by atoms with van der Waals surface area (Å²) in [5.41, 5.74) is 3.84. The Balaban J connectivity index is 1.44. The number of nitrogens with zero attached hydrogens (tertiary/aromatic N) is 1. The highest BCUT2D eigenvalue weighted by Crippen LogP contribution is 2.14. The number of aryl methyl sites for hydroxylation is 1. The monoisotopic (exact) mass is 410 g/mol. The Bertz CT molecular complexity index is 827. The zero-order valence-corrected chi connectivity index (χ0v) is 17.7. The van der Waals surface area contributed by atoms with Gasteiger partial charge in [0.1, 0.15) is 0 Å². The van der Waals surface area contributed by atoms with Crippen molar-refractivity contribution in [3.8, 4) is 0 Å². The van der Waals surface area contributed by atoms with Crippen LogP contribution in [0.25, 0.3) is 0 Å². The van der Waals surface area contributed by atoms with Gasteiger partial charge in [-0.2, -0.15) is 0 Å². The molecule has 1 amide bonds. The summed E-state index contributed by atoms with van der Waals surface area (Å²) in [6, 6.07) is 15.3. The van der Waals surface area contributed by atoms with Crippen molar-refractivity contribution >= 4 is 11.9 Å². The summed E-state index contributed by atoms with van der Waals surface area (Å²) in [6.45, 7) is 7.90. The molecule has 0 aliphatic carbocycles. The van der Waals surface area contributed by atoms with Gasteiger partial charge in [0.05, 0.1) is 24.8 Å². The van der Waals surface area contributed by atoms with E-state index < -0.39 is 5.97 Å². The molecule has 0 saturated carbocycles. The van der Waals surface area contributed by atoms with Crippen LogP contribution in [0.15, 0.2) is 48.5 Å². The molecule has 6 nitrogen and oxygen atoms in total. The second-order valence-corrected chi connectivity index (χ2v) is 7.55. The highest BCUT2D eigenvalue weighted by Gasteiger charge is 2.14. The van der Waals surface area contributed by atoms with Crippen LogP contribution in [0.3, 0.4) is 0 Å². The van der Waals surface area contributed by atoms with Crippen LogP contribution in [0.4, 0.5) is 0 Å². The molecule has 6 heteroatoms. The fourth-order valence-corrected chi connectivity index (χ4v) is 3.39. The number of hydrogen-bond acceptors (Lipinski definition) is 5. The van der Waals surface area contributed by atoms with Gasteiger partial charge in [0.15, 0.2) is 6.61 Å². The first kappa shape index (κ1) is 22.0. The summed E-state index contributed by atoms with van der Waals surface area (Å²) in [5.74, 6) is -0.817. The minimum absolute atomic E-state index is 0.151. The van der Waals surface area contributed by atoms with Crippen molar-refractivity contribution in [2.24, 2.45) is 0 Å². The first-order valence-corrected chi connectivity index (χ1v) is 10.5. The SMILES string of the molecule is CCc1ccc([C@H](C)NC(=O)COC(=O)c2ccc(CN3CCOCC3)cc2)cc1. The third kappa shape index (κ3) is 6.40. The zero-order chi connectivity index (χ0) is 21.3. The zero-order valence-electron chi connectivity index (χ0n) is 17.7. The number of carbonyl (C=O) groups is 2. The van der Waals surface area contributed by atoms with Gasteiger partial charge in [0, 0.05) is 19.6 Å². The van der Waals surface area contributed by atoms with E-state index in [1.54, 1.807) is 12.1 Å². The Morgan fingerprint density at radius 2 is 1.67 bits per heavy atom. The normalized spacial score (nSPS) is 15.4. The number of ether oxygens (including phenoxy) is 2. The molecule has 1 fully saturated rings. The second-order valence-electron chi connectivity index (χ2n) is 7.55. The summed E-state index contributed by atoms with van der Waals surface area (Å²) in [5, 5.41) is 2.86. The molecule has 2 aromatic rings. The third-order valence-corrected chi connectivity index (χ3v) is 5.30. The van der Waals surface area contributed by atoms with E-state index in [1.165, 1.54) is 5.56 Å². The molecule has 0 unspecified atom stereocenters. The lowest BCUT2D eigenvalue weighted by molar-refractivity contribution is -0.124. The van der Waals surface area contributed by atoms with E-state index in [4.69, 9.17) is 9.47 Å². The molecule has 1 saturated heterocycles. The van der Waals surface area contributed by atoms with E-state index in [0.29, 0.717) is 5.56 Å². The highest BCUT2D eigenvalue weighted by molar-refractivity contribution is 5.91. The van der Waals surface area contributed by atoms with Gasteiger partial charge >= 0.3 is 5.97 Å². The number of benzene rings is 2. The summed E-state index contributed by atoms with van der Waals surface area (Å²) in [7, 11) is 0. The largest absolute Gasteiger partial charge is 0.452 e. The molecule has 160 valence electrons. The molecule has 30 heavy (non-hydrogen) atoms. The number of esters is 1. The van der Waals surface area contributed by atoms with Gasteiger partial charge in [-0.25, -0.2) is 4.79 Å². The summed E-state index contributed by atoms with van der Waals surface area (Å²) in [4.78, 5) is 26.7. The Labute approximate surface area is 178 Å². The minimum Gasteiger partial charge on any atom is -0.452 e. The minimum atomic E-state index is -0.497. The summed E-state index contributed by atoms with van der Waals surface area (Å²) in [6.07, 6.45) is 0.977. The Kier molecular flexibility index (Phi) is 7.99. The lowest BCUT2D eigenvalue weighted by atomic mass is 10.1. The van der Waals surface area contributed by atoms with Crippen LogP contribution < -0.4 is 5.32 Å². The molecule has 1 aliphatic heterocycles. The molecular formula is C24H30N2O4. The fourth-order valence-electron chi connectivity index (χ4n) is 3.39. The van der Waals surface area contributed by atoms with Crippen LogP contribution in [-0.2, 0) is 27.2 Å². The molecule has 1 heterocycles. The van der Waals surface area contributed by atoms with Crippen molar-refractivity contribution in [1.29, 1.82) is 0 Å². The highest BCUT2D eigenvalue weighted by atomic mass is 16.5. The van der Waals surface area contributed by atoms with E-state index >= 15 is 0 Å². The number of rotatable bonds is 8. The van der Waals surface area contributed by atoms with Gasteiger partial charge in [-0.3, -0.25) is 9.69 Å². The van der Waals surface area contributed by atoms with Crippen LogP contribution in [-0.4, -0.2) is 49.7 Å². The van der Waals surface area contributed by atoms with Gasteiger partial charge in [-0.15, -0.1) is 0 Å². The van der Waals surface area contributed by atoms with Crippen molar-refractivity contribution < 1.29 is 19.1 Å². The predicted octanol–water partition coefficient (Wildman–Crippen LogP) is 3.12. The average Bonchev–Trinajstić information content (AvgIpc) is 2.78. The van der Waals surface area contributed by atoms with Crippen LogP contribution in [0.1, 0.15) is 46.9 Å². The van der Waals surface area contributed by atoms with Crippen molar-refractivity contribution in [1.82, 2.24) is 10.2 Å². The number of amides is 1. The fraction of sp³-hybridized carbons (Fsp3) is 0.417. The van der Waals surface area contributed by atoms with E-state index in [0.717, 1.165) is 50.4 Å². The molecule has 0 spiro atoms. The average molecular weight is 411 g/mol. The van der Waals surface area contributed by atoms with Crippen molar-refractivity contribution in [2.75, 3.05) is 32.9 Å². The van der Waals surface area contributed by atoms with Gasteiger partial charge in [0.25, 0.3) is 5.91 Å². The molecule has 0 bridgehead atoms. The molecule has 0 radical (unpaired) electrons. The van der Waals surface area contributed by atoms with Crippen molar-refractivity contribution in [3.05, 3.63) is 70.8 Å². The molecule has 2 aromatic carbocycles. The van der Waals surface area contributed by atoms with Gasteiger partial charge < -0.3 is 14.8 Å². The van der Waals surface area contributed by atoms with Gasteiger partial charge in [-0.05, 0) is 42.2 Å². The van der Waals surface area contributed by atoms with Crippen molar-refractivity contribution in [2.45, 2.75) is 32.9 Å². The molecule has 3 rings (SSSR count). The number of morpholine rings is 1. The summed E-state index contributed by atoms with van der Waals surface area (Å²) < 4.78 is 10.5. The second kappa shape index (κ2) is 10.9. The molecule has 1 aliphatic rings. The maximum atomic E-state index is 12.2. The molecular weight excluding hydrogens is 380 g/mol. The Morgan fingerprint density at radius 1 is 1.03 bits per heavy atom. The lowest BCUT2D eigenvalue weighted by Gasteiger charge is -2.26. The molecule has 0 aromatic heterocycles. The quantitative estimate of drug-likeness (QED) is 0.678. The smallest absolute Gasteiger partial charge is 0.338 e. The summed E-state index contributed by atoms with van der Waals surface area (Å²) >= 11 is 0. The molecule has 1 N–H and O–H groups in total. The topological polar surface area (TPSA) is 67.9 Å². The van der Waals surface area contributed by atoms with E-state index in [2.05, 4.69) is 29.3 Å². The first-order chi connectivity index (χ1) is 14.5. The van der Waals surface area contributed by atoms with Crippen LogP contribution in [0.2, 0.25) is 0 Å².